The summed E-state index contributed by atoms with van der Waals surface area (Å²) in [6, 6.07) is 5.09. The van der Waals surface area contributed by atoms with Crippen LogP contribution in [0.15, 0.2) is 18.2 Å². The fourth-order valence-electron chi connectivity index (χ4n) is 1.81. The summed E-state index contributed by atoms with van der Waals surface area (Å²) < 4.78 is 5.16. The molecule has 0 bridgehead atoms. The Hall–Kier alpha value is -2.08. The van der Waals surface area contributed by atoms with E-state index in [1.807, 2.05) is 0 Å². The molecule has 1 aromatic rings. The van der Waals surface area contributed by atoms with Gasteiger partial charge in [0.05, 0.1) is 12.8 Å². The van der Waals surface area contributed by atoms with Gasteiger partial charge in [0.15, 0.2) is 0 Å². The Kier molecular flexibility index (Phi) is 6.68. The monoisotopic (exact) mass is 293 g/mol. The van der Waals surface area contributed by atoms with E-state index < -0.39 is 5.91 Å². The van der Waals surface area contributed by atoms with Crippen LogP contribution in [-0.2, 0) is 4.79 Å². The molecule has 6 heteroatoms. The summed E-state index contributed by atoms with van der Waals surface area (Å²) >= 11 is 0. The molecule has 0 saturated carbocycles. The maximum atomic E-state index is 11.9. The number of amides is 2. The Labute approximate surface area is 125 Å². The molecule has 4 N–H and O–H groups in total. The van der Waals surface area contributed by atoms with Crippen molar-refractivity contribution in [2.45, 2.75) is 32.7 Å². The number of nitrogens with one attached hydrogen (secondary N) is 2. The van der Waals surface area contributed by atoms with E-state index in [2.05, 4.69) is 24.5 Å². The Morgan fingerprint density at radius 3 is 2.62 bits per heavy atom. The molecule has 0 heterocycles. The number of benzene rings is 1. The van der Waals surface area contributed by atoms with Gasteiger partial charge in [-0.05, 0) is 31.2 Å². The Balaban J connectivity index is 2.61. The molecular weight excluding hydrogens is 270 g/mol. The maximum Gasteiger partial charge on any atom is 0.248 e. The zero-order valence-electron chi connectivity index (χ0n) is 12.7. The van der Waals surface area contributed by atoms with Crippen molar-refractivity contribution < 1.29 is 14.3 Å². The zero-order valence-corrected chi connectivity index (χ0v) is 12.7. The largest absolute Gasteiger partial charge is 0.495 e. The van der Waals surface area contributed by atoms with E-state index in [4.69, 9.17) is 10.5 Å². The molecule has 1 aromatic carbocycles. The van der Waals surface area contributed by atoms with E-state index in [1.54, 1.807) is 12.1 Å². The highest BCUT2D eigenvalue weighted by molar-refractivity contribution is 5.97. The number of anilines is 1. The molecule has 116 valence electrons. The van der Waals surface area contributed by atoms with E-state index in [9.17, 15) is 9.59 Å². The molecule has 0 aliphatic heterocycles. The molecule has 0 aliphatic carbocycles. The summed E-state index contributed by atoms with van der Waals surface area (Å²) in [5.74, 6) is -0.177. The van der Waals surface area contributed by atoms with E-state index in [0.29, 0.717) is 29.5 Å². The van der Waals surface area contributed by atoms with Gasteiger partial charge in [-0.25, -0.2) is 0 Å². The second-order valence-corrected chi connectivity index (χ2v) is 5.04. The third-order valence-electron chi connectivity index (χ3n) is 2.89. The highest BCUT2D eigenvalue weighted by atomic mass is 16.5. The minimum Gasteiger partial charge on any atom is -0.495 e. The highest BCUT2D eigenvalue weighted by Crippen LogP contribution is 2.25. The average molecular weight is 293 g/mol. The number of methoxy groups -OCH3 is 1. The summed E-state index contributed by atoms with van der Waals surface area (Å²) in [6.07, 6.45) is 1.13. The van der Waals surface area contributed by atoms with Crippen molar-refractivity contribution in [1.29, 1.82) is 0 Å². The second kappa shape index (κ2) is 8.26. The van der Waals surface area contributed by atoms with Crippen LogP contribution in [-0.4, -0.2) is 31.5 Å². The molecule has 0 saturated heterocycles. The van der Waals surface area contributed by atoms with Crippen molar-refractivity contribution in [3.8, 4) is 5.75 Å². The van der Waals surface area contributed by atoms with Crippen LogP contribution in [0.5, 0.6) is 5.75 Å². The molecule has 0 radical (unpaired) electrons. The van der Waals surface area contributed by atoms with Gasteiger partial charge in [0, 0.05) is 18.0 Å². The summed E-state index contributed by atoms with van der Waals surface area (Å²) in [4.78, 5) is 23.1. The Bertz CT molecular complexity index is 501. The summed E-state index contributed by atoms with van der Waals surface area (Å²) in [5.41, 5.74) is 6.01. The lowest BCUT2D eigenvalue weighted by atomic mass is 10.1. The number of hydrogen-bond acceptors (Lipinski definition) is 4. The molecule has 0 atom stereocenters. The Morgan fingerprint density at radius 2 is 2.05 bits per heavy atom. The van der Waals surface area contributed by atoms with Gasteiger partial charge in [-0.1, -0.05) is 13.8 Å². The van der Waals surface area contributed by atoms with Crippen LogP contribution in [0.2, 0.25) is 0 Å². The van der Waals surface area contributed by atoms with Crippen LogP contribution in [0.4, 0.5) is 5.69 Å². The second-order valence-electron chi connectivity index (χ2n) is 5.04. The topological polar surface area (TPSA) is 93.4 Å². The van der Waals surface area contributed by atoms with Gasteiger partial charge in [0.1, 0.15) is 5.75 Å². The molecule has 0 aliphatic rings. The predicted octanol–water partition coefficient (Wildman–Crippen LogP) is 1.51. The first kappa shape index (κ1) is 17.0. The van der Waals surface area contributed by atoms with Gasteiger partial charge in [-0.2, -0.15) is 0 Å². The van der Waals surface area contributed by atoms with E-state index >= 15 is 0 Å². The molecule has 0 spiro atoms. The fourth-order valence-corrected chi connectivity index (χ4v) is 1.81. The van der Waals surface area contributed by atoms with Gasteiger partial charge >= 0.3 is 0 Å². The molecule has 0 fully saturated rings. The quantitative estimate of drug-likeness (QED) is 0.633. The zero-order chi connectivity index (χ0) is 15.8. The first-order chi connectivity index (χ1) is 9.93. The summed E-state index contributed by atoms with van der Waals surface area (Å²) in [5, 5.41) is 5.99. The third-order valence-corrected chi connectivity index (χ3v) is 2.89. The lowest BCUT2D eigenvalue weighted by Gasteiger charge is -2.12. The van der Waals surface area contributed by atoms with Gasteiger partial charge < -0.3 is 21.1 Å². The minimum atomic E-state index is -0.547. The standard InChI is InChI=1S/C15H23N3O3/c1-10(2)17-8-4-5-14(19)18-12-9-11(15(16)20)6-7-13(12)21-3/h6-7,9-10,17H,4-5,8H2,1-3H3,(H2,16,20)(H,18,19). The lowest BCUT2D eigenvalue weighted by molar-refractivity contribution is -0.116. The molecule has 21 heavy (non-hydrogen) atoms. The first-order valence-electron chi connectivity index (χ1n) is 6.95. The van der Waals surface area contributed by atoms with E-state index in [1.165, 1.54) is 13.2 Å². The van der Waals surface area contributed by atoms with Crippen LogP contribution >= 0.6 is 0 Å². The fraction of sp³-hybridized carbons (Fsp3) is 0.467. The highest BCUT2D eigenvalue weighted by Gasteiger charge is 2.10. The number of nitrogens with two attached hydrogens (primary N) is 1. The van der Waals surface area contributed by atoms with Gasteiger partial charge in [-0.3, -0.25) is 9.59 Å². The van der Waals surface area contributed by atoms with Crippen molar-refractivity contribution in [1.82, 2.24) is 5.32 Å². The number of carbonyl (C=O) groups excluding carboxylic acids is 2. The molecule has 0 aromatic heterocycles. The van der Waals surface area contributed by atoms with Crippen LogP contribution in [0.25, 0.3) is 0 Å². The summed E-state index contributed by atoms with van der Waals surface area (Å²) in [6.45, 7) is 4.89. The summed E-state index contributed by atoms with van der Waals surface area (Å²) in [7, 11) is 1.50. The molecule has 0 unspecified atom stereocenters. The van der Waals surface area contributed by atoms with Crippen molar-refractivity contribution in [3.63, 3.8) is 0 Å². The maximum absolute atomic E-state index is 11.9. The number of primary amides is 1. The minimum absolute atomic E-state index is 0.125. The van der Waals surface area contributed by atoms with Gasteiger partial charge in [0.25, 0.3) is 0 Å². The third kappa shape index (κ3) is 5.83. The van der Waals surface area contributed by atoms with E-state index in [0.717, 1.165) is 13.0 Å². The predicted molar refractivity (Wildman–Crippen MR) is 82.5 cm³/mol. The van der Waals surface area contributed by atoms with Gasteiger partial charge in [-0.15, -0.1) is 0 Å². The van der Waals surface area contributed by atoms with Crippen molar-refractivity contribution >= 4 is 17.5 Å². The van der Waals surface area contributed by atoms with Crippen LogP contribution in [0, 0.1) is 0 Å². The van der Waals surface area contributed by atoms with Crippen LogP contribution in [0.3, 0.4) is 0 Å². The number of carbonyl (C=O) groups is 2. The molecule has 6 nitrogen and oxygen atoms in total. The molecule has 1 rings (SSSR count). The number of ether oxygens (including phenoxy) is 1. The number of hydrogen-bond donors (Lipinski definition) is 3. The smallest absolute Gasteiger partial charge is 0.248 e. The van der Waals surface area contributed by atoms with Crippen molar-refractivity contribution in [2.75, 3.05) is 19.0 Å². The SMILES string of the molecule is COc1ccc(C(N)=O)cc1NC(=O)CCCNC(C)C. The van der Waals surface area contributed by atoms with Crippen LogP contribution in [0.1, 0.15) is 37.0 Å². The molecular formula is C15H23N3O3. The van der Waals surface area contributed by atoms with E-state index in [-0.39, 0.29) is 5.91 Å². The van der Waals surface area contributed by atoms with Crippen molar-refractivity contribution in [3.05, 3.63) is 23.8 Å². The molecule has 2 amide bonds. The van der Waals surface area contributed by atoms with Gasteiger partial charge in [0.2, 0.25) is 11.8 Å². The van der Waals surface area contributed by atoms with Crippen molar-refractivity contribution in [2.24, 2.45) is 5.73 Å². The average Bonchev–Trinajstić information content (AvgIpc) is 2.43. The number of rotatable bonds is 8. The first-order valence-corrected chi connectivity index (χ1v) is 6.95. The normalized spacial score (nSPS) is 10.5. The lowest BCUT2D eigenvalue weighted by Crippen LogP contribution is -2.24. The Morgan fingerprint density at radius 1 is 1.33 bits per heavy atom. The van der Waals surface area contributed by atoms with Crippen LogP contribution < -0.4 is 21.1 Å².